The van der Waals surface area contributed by atoms with Crippen molar-refractivity contribution in [2.24, 2.45) is 10.2 Å². The molecule has 0 saturated heterocycles. The van der Waals surface area contributed by atoms with Gasteiger partial charge < -0.3 is 4.98 Å². The maximum absolute atomic E-state index is 11.4. The summed E-state index contributed by atoms with van der Waals surface area (Å²) < 4.78 is 0. The predicted octanol–water partition coefficient (Wildman–Crippen LogP) is 1.82. The molecule has 2 amide bonds. The molecule has 6 nitrogen and oxygen atoms in total. The number of H-pyrrole nitrogens is 1. The number of benzene rings is 1. The number of imidazole rings is 1. The van der Waals surface area contributed by atoms with E-state index in [-0.39, 0.29) is 11.4 Å². The van der Waals surface area contributed by atoms with E-state index in [1.165, 1.54) is 0 Å². The van der Waals surface area contributed by atoms with Gasteiger partial charge in [0.1, 0.15) is 11.5 Å². The Morgan fingerprint density at radius 1 is 0.941 bits per heavy atom. The van der Waals surface area contributed by atoms with Crippen molar-refractivity contribution in [1.29, 1.82) is 0 Å². The van der Waals surface area contributed by atoms with Crippen LogP contribution in [0, 0.1) is 0 Å². The predicted molar refractivity (Wildman–Crippen MR) is 57.5 cm³/mol. The molecule has 1 aliphatic rings. The lowest BCUT2D eigenvalue weighted by molar-refractivity contribution is 0.0915. The molecule has 0 saturated carbocycles. The SMILES string of the molecule is O=C1N=NC(=O)c2[nH]c(-c3ccccc3)nc21. The van der Waals surface area contributed by atoms with Crippen LogP contribution in [0.4, 0.5) is 0 Å². The number of rotatable bonds is 1. The van der Waals surface area contributed by atoms with E-state index in [1.54, 1.807) is 0 Å². The first-order valence-electron chi connectivity index (χ1n) is 4.91. The van der Waals surface area contributed by atoms with E-state index in [0.717, 1.165) is 5.56 Å². The van der Waals surface area contributed by atoms with Gasteiger partial charge in [0.2, 0.25) is 0 Å². The Morgan fingerprint density at radius 3 is 2.35 bits per heavy atom. The summed E-state index contributed by atoms with van der Waals surface area (Å²) in [6.45, 7) is 0. The van der Waals surface area contributed by atoms with Gasteiger partial charge in [-0.15, -0.1) is 10.2 Å². The lowest BCUT2D eigenvalue weighted by Gasteiger charge is -1.96. The summed E-state index contributed by atoms with van der Waals surface area (Å²) in [6.07, 6.45) is 0. The van der Waals surface area contributed by atoms with Gasteiger partial charge in [0.25, 0.3) is 0 Å². The van der Waals surface area contributed by atoms with Crippen LogP contribution in [0.1, 0.15) is 21.0 Å². The van der Waals surface area contributed by atoms with E-state index in [4.69, 9.17) is 0 Å². The van der Waals surface area contributed by atoms with Crippen LogP contribution in [0.15, 0.2) is 40.6 Å². The normalized spacial score (nSPS) is 13.9. The zero-order valence-corrected chi connectivity index (χ0v) is 8.54. The van der Waals surface area contributed by atoms with Crippen LogP contribution in [-0.2, 0) is 0 Å². The average molecular weight is 226 g/mol. The van der Waals surface area contributed by atoms with Crippen molar-refractivity contribution < 1.29 is 9.59 Å². The maximum Gasteiger partial charge on any atom is 0.316 e. The first kappa shape index (κ1) is 9.59. The molecule has 1 aromatic carbocycles. The standard InChI is InChI=1S/C11H6N4O2/c16-10-7-8(11(17)15-14-10)13-9(12-7)6-4-2-1-3-5-6/h1-5H,(H,12,13). The van der Waals surface area contributed by atoms with Gasteiger partial charge in [-0.2, -0.15) is 0 Å². The zero-order chi connectivity index (χ0) is 11.8. The Bertz CT molecular complexity index is 607. The highest BCUT2D eigenvalue weighted by Crippen LogP contribution is 2.21. The lowest BCUT2D eigenvalue weighted by Crippen LogP contribution is -2.10. The molecule has 1 aromatic heterocycles. The number of azo groups is 1. The third-order valence-electron chi connectivity index (χ3n) is 2.40. The summed E-state index contributed by atoms with van der Waals surface area (Å²) in [5.41, 5.74) is 0.926. The van der Waals surface area contributed by atoms with E-state index >= 15 is 0 Å². The molecule has 3 rings (SSSR count). The molecule has 0 bridgehead atoms. The molecular weight excluding hydrogens is 220 g/mol. The van der Waals surface area contributed by atoms with Crippen LogP contribution in [0.2, 0.25) is 0 Å². The molecule has 0 radical (unpaired) electrons. The highest BCUT2D eigenvalue weighted by Gasteiger charge is 2.27. The fourth-order valence-electron chi connectivity index (χ4n) is 1.60. The minimum absolute atomic E-state index is 0.0313. The van der Waals surface area contributed by atoms with E-state index < -0.39 is 11.8 Å². The summed E-state index contributed by atoms with van der Waals surface area (Å²) in [5, 5.41) is 6.44. The van der Waals surface area contributed by atoms with Crippen LogP contribution < -0.4 is 0 Å². The molecule has 0 unspecified atom stereocenters. The number of carbonyl (C=O) groups is 2. The highest BCUT2D eigenvalue weighted by molar-refractivity contribution is 6.09. The molecule has 6 heteroatoms. The van der Waals surface area contributed by atoms with Crippen LogP contribution >= 0.6 is 0 Å². The van der Waals surface area contributed by atoms with Crippen molar-refractivity contribution in [3.05, 3.63) is 41.7 Å². The summed E-state index contributed by atoms with van der Waals surface area (Å²) in [4.78, 5) is 29.6. The van der Waals surface area contributed by atoms with Gasteiger partial charge in [-0.05, 0) is 0 Å². The third-order valence-corrected chi connectivity index (χ3v) is 2.40. The molecule has 1 aliphatic heterocycles. The monoisotopic (exact) mass is 226 g/mol. The lowest BCUT2D eigenvalue weighted by atomic mass is 10.2. The minimum atomic E-state index is -0.599. The van der Waals surface area contributed by atoms with Crippen molar-refractivity contribution in [3.8, 4) is 11.4 Å². The topological polar surface area (TPSA) is 87.5 Å². The van der Waals surface area contributed by atoms with E-state index in [0.29, 0.717) is 5.82 Å². The van der Waals surface area contributed by atoms with Gasteiger partial charge in [-0.25, -0.2) is 4.98 Å². The summed E-state index contributed by atoms with van der Waals surface area (Å²) in [5.74, 6) is -0.711. The Balaban J connectivity index is 2.15. The van der Waals surface area contributed by atoms with Crippen LogP contribution in [-0.4, -0.2) is 21.8 Å². The van der Waals surface area contributed by atoms with E-state index in [9.17, 15) is 9.59 Å². The van der Waals surface area contributed by atoms with E-state index in [2.05, 4.69) is 20.2 Å². The van der Waals surface area contributed by atoms with Gasteiger partial charge in [0.15, 0.2) is 5.69 Å². The highest BCUT2D eigenvalue weighted by atomic mass is 16.2. The second kappa shape index (κ2) is 3.44. The first-order chi connectivity index (χ1) is 8.25. The Morgan fingerprint density at radius 2 is 1.65 bits per heavy atom. The molecule has 0 atom stereocenters. The van der Waals surface area contributed by atoms with Crippen LogP contribution in [0.3, 0.4) is 0 Å². The van der Waals surface area contributed by atoms with Crippen molar-refractivity contribution in [2.45, 2.75) is 0 Å². The molecule has 2 heterocycles. The summed E-state index contributed by atoms with van der Waals surface area (Å²) in [6, 6.07) is 9.21. The first-order valence-corrected chi connectivity index (χ1v) is 4.91. The fraction of sp³-hybridized carbons (Fsp3) is 0. The Hall–Kier alpha value is -2.63. The van der Waals surface area contributed by atoms with Crippen LogP contribution in [0.5, 0.6) is 0 Å². The van der Waals surface area contributed by atoms with Crippen molar-refractivity contribution in [2.75, 3.05) is 0 Å². The van der Waals surface area contributed by atoms with E-state index in [1.807, 2.05) is 30.3 Å². The summed E-state index contributed by atoms with van der Waals surface area (Å²) >= 11 is 0. The van der Waals surface area contributed by atoms with Gasteiger partial charge >= 0.3 is 11.8 Å². The smallest absolute Gasteiger partial charge is 0.316 e. The molecule has 0 aliphatic carbocycles. The van der Waals surface area contributed by atoms with Gasteiger partial charge in [0.05, 0.1) is 0 Å². The maximum atomic E-state index is 11.4. The molecule has 82 valence electrons. The number of amides is 2. The summed E-state index contributed by atoms with van der Waals surface area (Å²) in [7, 11) is 0. The van der Waals surface area contributed by atoms with Gasteiger partial charge in [-0.3, -0.25) is 9.59 Å². The quantitative estimate of drug-likeness (QED) is 0.804. The minimum Gasteiger partial charge on any atom is -0.333 e. The number of hydrogen-bond donors (Lipinski definition) is 1. The third kappa shape index (κ3) is 1.46. The molecule has 0 fully saturated rings. The van der Waals surface area contributed by atoms with Gasteiger partial charge in [0, 0.05) is 5.56 Å². The molecular formula is C11H6N4O2. The fourth-order valence-corrected chi connectivity index (χ4v) is 1.60. The molecule has 0 spiro atoms. The van der Waals surface area contributed by atoms with Crippen molar-refractivity contribution in [1.82, 2.24) is 9.97 Å². The number of nitrogens with one attached hydrogen (secondary N) is 1. The molecule has 2 aromatic rings. The van der Waals surface area contributed by atoms with Crippen molar-refractivity contribution in [3.63, 3.8) is 0 Å². The number of carbonyl (C=O) groups excluding carboxylic acids is 2. The molecule has 17 heavy (non-hydrogen) atoms. The molecule has 1 N–H and O–H groups in total. The van der Waals surface area contributed by atoms with Gasteiger partial charge in [-0.1, -0.05) is 30.3 Å². The Labute approximate surface area is 95.4 Å². The second-order valence-corrected chi connectivity index (χ2v) is 3.49. The second-order valence-electron chi connectivity index (χ2n) is 3.49. The zero-order valence-electron chi connectivity index (χ0n) is 8.54. The number of nitrogens with zero attached hydrogens (tertiary/aromatic N) is 3. The Kier molecular flexibility index (Phi) is 1.94. The number of hydrogen-bond acceptors (Lipinski definition) is 3. The van der Waals surface area contributed by atoms with Crippen LogP contribution in [0.25, 0.3) is 11.4 Å². The number of aromatic nitrogens is 2. The number of aromatic amines is 1. The average Bonchev–Trinajstić information content (AvgIpc) is 2.81. The number of fused-ring (bicyclic) bond motifs is 1. The largest absolute Gasteiger partial charge is 0.333 e. The van der Waals surface area contributed by atoms with Crippen molar-refractivity contribution >= 4 is 11.8 Å².